The van der Waals surface area contributed by atoms with Crippen molar-refractivity contribution in [3.05, 3.63) is 23.5 Å². The average molecular weight is 180 g/mol. The SMILES string of the molecule is CCOc1ccc(C)nc1CNC. The van der Waals surface area contributed by atoms with Gasteiger partial charge in [-0.15, -0.1) is 0 Å². The third-order valence-electron chi connectivity index (χ3n) is 1.72. The van der Waals surface area contributed by atoms with Crippen molar-refractivity contribution in [3.63, 3.8) is 0 Å². The molecule has 0 aliphatic carbocycles. The molecule has 1 heterocycles. The highest BCUT2D eigenvalue weighted by Gasteiger charge is 2.03. The fourth-order valence-electron chi connectivity index (χ4n) is 1.18. The van der Waals surface area contributed by atoms with Crippen LogP contribution >= 0.6 is 0 Å². The quantitative estimate of drug-likeness (QED) is 0.762. The van der Waals surface area contributed by atoms with Crippen molar-refractivity contribution in [2.75, 3.05) is 13.7 Å². The average Bonchev–Trinajstić information content (AvgIpc) is 2.10. The van der Waals surface area contributed by atoms with Crippen molar-refractivity contribution in [2.24, 2.45) is 0 Å². The van der Waals surface area contributed by atoms with E-state index in [0.29, 0.717) is 6.61 Å². The molecule has 72 valence electrons. The summed E-state index contributed by atoms with van der Waals surface area (Å²) in [4.78, 5) is 4.39. The number of nitrogens with one attached hydrogen (secondary N) is 1. The number of ether oxygens (including phenoxy) is 1. The number of aryl methyl sites for hydroxylation is 1. The molecular weight excluding hydrogens is 164 g/mol. The molecule has 0 aliphatic heterocycles. The number of aromatic nitrogens is 1. The lowest BCUT2D eigenvalue weighted by Crippen LogP contribution is -2.09. The molecule has 0 spiro atoms. The molecule has 0 saturated heterocycles. The Hall–Kier alpha value is -1.09. The minimum atomic E-state index is 0.682. The summed E-state index contributed by atoms with van der Waals surface area (Å²) >= 11 is 0. The molecule has 0 radical (unpaired) electrons. The molecule has 0 fully saturated rings. The maximum Gasteiger partial charge on any atom is 0.142 e. The summed E-state index contributed by atoms with van der Waals surface area (Å²) in [6, 6.07) is 3.93. The summed E-state index contributed by atoms with van der Waals surface area (Å²) < 4.78 is 5.44. The maximum atomic E-state index is 5.44. The smallest absolute Gasteiger partial charge is 0.142 e. The van der Waals surface area contributed by atoms with E-state index in [1.54, 1.807) is 0 Å². The van der Waals surface area contributed by atoms with Crippen molar-refractivity contribution in [1.82, 2.24) is 10.3 Å². The minimum Gasteiger partial charge on any atom is -0.492 e. The van der Waals surface area contributed by atoms with Crippen molar-refractivity contribution in [2.45, 2.75) is 20.4 Å². The van der Waals surface area contributed by atoms with E-state index < -0.39 is 0 Å². The summed E-state index contributed by atoms with van der Waals surface area (Å²) in [5, 5.41) is 3.07. The van der Waals surface area contributed by atoms with Crippen LogP contribution in [0.5, 0.6) is 5.75 Å². The van der Waals surface area contributed by atoms with Crippen molar-refractivity contribution in [3.8, 4) is 5.75 Å². The summed E-state index contributed by atoms with van der Waals surface area (Å²) in [5.74, 6) is 0.877. The van der Waals surface area contributed by atoms with Crippen molar-refractivity contribution in [1.29, 1.82) is 0 Å². The van der Waals surface area contributed by atoms with Crippen LogP contribution in [0.25, 0.3) is 0 Å². The van der Waals surface area contributed by atoms with Crippen LogP contribution in [-0.2, 0) is 6.54 Å². The topological polar surface area (TPSA) is 34.1 Å². The molecule has 13 heavy (non-hydrogen) atoms. The molecule has 0 aromatic carbocycles. The van der Waals surface area contributed by atoms with Gasteiger partial charge in [-0.1, -0.05) is 0 Å². The first-order chi connectivity index (χ1) is 6.27. The van der Waals surface area contributed by atoms with Gasteiger partial charge in [0.05, 0.1) is 12.3 Å². The van der Waals surface area contributed by atoms with E-state index in [-0.39, 0.29) is 0 Å². The molecule has 0 amide bonds. The summed E-state index contributed by atoms with van der Waals surface area (Å²) in [6.45, 7) is 5.39. The molecule has 0 aliphatic rings. The van der Waals surface area contributed by atoms with E-state index in [2.05, 4.69) is 10.3 Å². The Morgan fingerprint density at radius 2 is 2.23 bits per heavy atom. The van der Waals surface area contributed by atoms with Gasteiger partial charge in [-0.05, 0) is 33.0 Å². The Balaban J connectivity index is 2.89. The van der Waals surface area contributed by atoms with Gasteiger partial charge < -0.3 is 10.1 Å². The second-order valence-electron chi connectivity index (χ2n) is 2.86. The van der Waals surface area contributed by atoms with Crippen LogP contribution in [0.1, 0.15) is 18.3 Å². The standard InChI is InChI=1S/C10H16N2O/c1-4-13-10-6-5-8(2)12-9(10)7-11-3/h5-6,11H,4,7H2,1-3H3. The molecule has 1 rings (SSSR count). The number of rotatable bonds is 4. The first-order valence-electron chi connectivity index (χ1n) is 4.51. The van der Waals surface area contributed by atoms with Gasteiger partial charge in [-0.2, -0.15) is 0 Å². The predicted molar refractivity (Wildman–Crippen MR) is 52.9 cm³/mol. The molecule has 3 nitrogen and oxygen atoms in total. The summed E-state index contributed by atoms with van der Waals surface area (Å²) in [6.07, 6.45) is 0. The third kappa shape index (κ3) is 2.70. The van der Waals surface area contributed by atoms with Crippen LogP contribution in [0, 0.1) is 6.92 Å². The molecule has 0 bridgehead atoms. The third-order valence-corrected chi connectivity index (χ3v) is 1.72. The zero-order valence-electron chi connectivity index (χ0n) is 8.42. The zero-order chi connectivity index (χ0) is 9.68. The summed E-state index contributed by atoms with van der Waals surface area (Å²) in [7, 11) is 1.90. The van der Waals surface area contributed by atoms with Gasteiger partial charge >= 0.3 is 0 Å². The number of hydrogen-bond acceptors (Lipinski definition) is 3. The maximum absolute atomic E-state index is 5.44. The Morgan fingerprint density at radius 3 is 2.85 bits per heavy atom. The second-order valence-corrected chi connectivity index (χ2v) is 2.86. The Morgan fingerprint density at radius 1 is 1.46 bits per heavy atom. The number of nitrogens with zero attached hydrogens (tertiary/aromatic N) is 1. The molecule has 3 heteroatoms. The first-order valence-corrected chi connectivity index (χ1v) is 4.51. The number of hydrogen-bond donors (Lipinski definition) is 1. The van der Waals surface area contributed by atoms with Gasteiger partial charge in [-0.3, -0.25) is 4.98 Å². The van der Waals surface area contributed by atoms with E-state index in [1.165, 1.54) is 0 Å². The molecule has 0 saturated carbocycles. The highest BCUT2D eigenvalue weighted by atomic mass is 16.5. The van der Waals surface area contributed by atoms with Crippen molar-refractivity contribution < 1.29 is 4.74 Å². The lowest BCUT2D eigenvalue weighted by molar-refractivity contribution is 0.333. The monoisotopic (exact) mass is 180 g/mol. The van der Waals surface area contributed by atoms with E-state index >= 15 is 0 Å². The van der Waals surface area contributed by atoms with E-state index in [9.17, 15) is 0 Å². The molecule has 0 unspecified atom stereocenters. The van der Waals surface area contributed by atoms with Crippen LogP contribution in [0.4, 0.5) is 0 Å². The largest absolute Gasteiger partial charge is 0.492 e. The molecule has 0 atom stereocenters. The molecule has 1 N–H and O–H groups in total. The van der Waals surface area contributed by atoms with Crippen molar-refractivity contribution >= 4 is 0 Å². The van der Waals surface area contributed by atoms with Gasteiger partial charge in [0.25, 0.3) is 0 Å². The Bertz CT molecular complexity index is 274. The fraction of sp³-hybridized carbons (Fsp3) is 0.500. The van der Waals surface area contributed by atoms with Gasteiger partial charge in [0.15, 0.2) is 0 Å². The zero-order valence-corrected chi connectivity index (χ0v) is 8.42. The van der Waals surface area contributed by atoms with E-state index in [1.807, 2.05) is 33.0 Å². The minimum absolute atomic E-state index is 0.682. The highest BCUT2D eigenvalue weighted by Crippen LogP contribution is 2.16. The van der Waals surface area contributed by atoms with Gasteiger partial charge in [-0.25, -0.2) is 0 Å². The van der Waals surface area contributed by atoms with Crippen LogP contribution in [0.3, 0.4) is 0 Å². The second kappa shape index (κ2) is 4.82. The van der Waals surface area contributed by atoms with Gasteiger partial charge in [0.1, 0.15) is 5.75 Å². The normalized spacial score (nSPS) is 10.1. The Labute approximate surface area is 79.1 Å². The van der Waals surface area contributed by atoms with Crippen LogP contribution in [0.2, 0.25) is 0 Å². The lowest BCUT2D eigenvalue weighted by atomic mass is 10.3. The molecule has 1 aromatic heterocycles. The van der Waals surface area contributed by atoms with E-state index in [4.69, 9.17) is 4.74 Å². The molecular formula is C10H16N2O. The number of pyridine rings is 1. The van der Waals surface area contributed by atoms with Gasteiger partial charge in [0, 0.05) is 12.2 Å². The summed E-state index contributed by atoms with van der Waals surface area (Å²) in [5.41, 5.74) is 2.00. The van der Waals surface area contributed by atoms with Gasteiger partial charge in [0.2, 0.25) is 0 Å². The van der Waals surface area contributed by atoms with Crippen LogP contribution in [0.15, 0.2) is 12.1 Å². The van der Waals surface area contributed by atoms with Crippen LogP contribution < -0.4 is 10.1 Å². The first kappa shape index (κ1) is 9.99. The van der Waals surface area contributed by atoms with E-state index in [0.717, 1.165) is 23.7 Å². The lowest BCUT2D eigenvalue weighted by Gasteiger charge is -2.09. The molecule has 1 aromatic rings. The fourth-order valence-corrected chi connectivity index (χ4v) is 1.18. The predicted octanol–water partition coefficient (Wildman–Crippen LogP) is 1.51. The highest BCUT2D eigenvalue weighted by molar-refractivity contribution is 5.29. The van der Waals surface area contributed by atoms with Crippen LogP contribution in [-0.4, -0.2) is 18.6 Å². The Kier molecular flexibility index (Phi) is 3.71.